The van der Waals surface area contributed by atoms with Gasteiger partial charge < -0.3 is 30.2 Å². The maximum Gasteiger partial charge on any atom is 0.227 e. The number of aryl methyl sites for hydroxylation is 2. The third-order valence-electron chi connectivity index (χ3n) is 6.92. The molecule has 0 unspecified atom stereocenters. The Balaban J connectivity index is 1.51. The zero-order valence-corrected chi connectivity index (χ0v) is 21.9. The smallest absolute Gasteiger partial charge is 0.227 e. The second-order valence-electron chi connectivity index (χ2n) is 9.71. The van der Waals surface area contributed by atoms with E-state index in [2.05, 4.69) is 69.1 Å². The van der Waals surface area contributed by atoms with Crippen molar-refractivity contribution in [3.05, 3.63) is 53.9 Å². The first-order chi connectivity index (χ1) is 17.9. The van der Waals surface area contributed by atoms with Gasteiger partial charge in [-0.25, -0.2) is 9.97 Å². The molecule has 5 rings (SSSR count). The van der Waals surface area contributed by atoms with Gasteiger partial charge in [0, 0.05) is 56.1 Å². The molecule has 0 spiro atoms. The van der Waals surface area contributed by atoms with Crippen LogP contribution >= 0.6 is 0 Å². The van der Waals surface area contributed by atoms with E-state index in [1.54, 1.807) is 13.3 Å². The highest BCUT2D eigenvalue weighted by Crippen LogP contribution is 2.38. The molecule has 1 aliphatic rings. The van der Waals surface area contributed by atoms with Gasteiger partial charge in [0.1, 0.15) is 5.75 Å². The van der Waals surface area contributed by atoms with Crippen LogP contribution in [0.2, 0.25) is 0 Å². The number of anilines is 4. The predicted octanol–water partition coefficient (Wildman–Crippen LogP) is 4.36. The number of nitrogens with zero attached hydrogens (tertiary/aromatic N) is 5. The average molecular weight is 496 g/mol. The molecule has 190 valence electrons. The van der Waals surface area contributed by atoms with Crippen molar-refractivity contribution in [3.8, 4) is 29.4 Å². The van der Waals surface area contributed by atoms with Crippen LogP contribution in [0.25, 0.3) is 22.2 Å². The summed E-state index contributed by atoms with van der Waals surface area (Å²) in [6.45, 7) is 2.73. The van der Waals surface area contributed by atoms with Crippen molar-refractivity contribution in [1.29, 1.82) is 0 Å². The lowest BCUT2D eigenvalue weighted by Crippen LogP contribution is -2.29. The number of hydrogen-bond acceptors (Lipinski definition) is 7. The summed E-state index contributed by atoms with van der Waals surface area (Å²) in [5.41, 5.74) is 13.7. The zero-order valence-electron chi connectivity index (χ0n) is 21.9. The molecule has 2 aromatic carbocycles. The third-order valence-corrected chi connectivity index (χ3v) is 6.92. The summed E-state index contributed by atoms with van der Waals surface area (Å²) in [7, 11) is 7.76. The Bertz CT molecular complexity index is 1500. The molecule has 0 aliphatic carbocycles. The highest BCUT2D eigenvalue weighted by molar-refractivity contribution is 5.98. The Kier molecular flexibility index (Phi) is 6.64. The summed E-state index contributed by atoms with van der Waals surface area (Å²) < 4.78 is 8.01. The fraction of sp³-hybridized carbons (Fsp3) is 0.310. The molecule has 37 heavy (non-hydrogen) atoms. The molecule has 4 aromatic rings. The number of hydrogen-bond donors (Lipinski definition) is 2. The molecule has 3 heterocycles. The largest absolute Gasteiger partial charge is 0.494 e. The summed E-state index contributed by atoms with van der Waals surface area (Å²) in [4.78, 5) is 13.6. The summed E-state index contributed by atoms with van der Waals surface area (Å²) in [5, 5.41) is 4.46. The van der Waals surface area contributed by atoms with E-state index in [4.69, 9.17) is 21.9 Å². The molecule has 0 radical (unpaired) electrons. The number of para-hydroxylation sites is 1. The number of aromatic nitrogens is 3. The molecule has 2 aromatic heterocycles. The number of benzene rings is 2. The lowest BCUT2D eigenvalue weighted by Gasteiger charge is -2.24. The molecule has 8 heteroatoms. The van der Waals surface area contributed by atoms with Crippen LogP contribution in [0.3, 0.4) is 0 Å². The molecule has 3 N–H and O–H groups in total. The number of rotatable bonds is 8. The van der Waals surface area contributed by atoms with Crippen LogP contribution in [0.1, 0.15) is 17.5 Å². The minimum atomic E-state index is 0.423. The van der Waals surface area contributed by atoms with E-state index in [-0.39, 0.29) is 0 Å². The Morgan fingerprint density at radius 1 is 1.22 bits per heavy atom. The first-order valence-corrected chi connectivity index (χ1v) is 12.4. The maximum absolute atomic E-state index is 6.45. The number of terminal acetylenes is 1. The van der Waals surface area contributed by atoms with Crippen molar-refractivity contribution < 1.29 is 4.74 Å². The molecule has 0 saturated carbocycles. The van der Waals surface area contributed by atoms with Crippen LogP contribution in [-0.2, 0) is 13.0 Å². The van der Waals surface area contributed by atoms with Crippen LogP contribution in [0.15, 0.2) is 42.7 Å². The van der Waals surface area contributed by atoms with Crippen molar-refractivity contribution in [3.63, 3.8) is 0 Å². The Morgan fingerprint density at radius 2 is 2.05 bits per heavy atom. The van der Waals surface area contributed by atoms with Gasteiger partial charge in [0.25, 0.3) is 0 Å². The highest BCUT2D eigenvalue weighted by Gasteiger charge is 2.20. The van der Waals surface area contributed by atoms with Crippen molar-refractivity contribution in [2.24, 2.45) is 0 Å². The van der Waals surface area contributed by atoms with Gasteiger partial charge in [-0.15, -0.1) is 6.42 Å². The number of methoxy groups -OCH3 is 1. The van der Waals surface area contributed by atoms with E-state index in [9.17, 15) is 0 Å². The third kappa shape index (κ3) is 4.66. The van der Waals surface area contributed by atoms with E-state index in [0.29, 0.717) is 28.6 Å². The van der Waals surface area contributed by atoms with E-state index in [1.807, 2.05) is 19.2 Å². The van der Waals surface area contributed by atoms with Crippen LogP contribution in [0, 0.1) is 12.3 Å². The number of nitrogens with one attached hydrogen (secondary N) is 1. The molecule has 0 amide bonds. The molecular formula is C29H33N7O. The minimum absolute atomic E-state index is 0.423. The van der Waals surface area contributed by atoms with Gasteiger partial charge in [-0.3, -0.25) is 0 Å². The molecular weight excluding hydrogens is 462 g/mol. The van der Waals surface area contributed by atoms with Crippen molar-refractivity contribution >= 4 is 33.9 Å². The van der Waals surface area contributed by atoms with Crippen molar-refractivity contribution in [2.75, 3.05) is 57.3 Å². The average Bonchev–Trinajstić information content (AvgIpc) is 3.28. The van der Waals surface area contributed by atoms with E-state index >= 15 is 0 Å². The van der Waals surface area contributed by atoms with Gasteiger partial charge in [-0.05, 0) is 38.6 Å². The van der Waals surface area contributed by atoms with E-state index in [0.717, 1.165) is 54.8 Å². The molecule has 1 aliphatic heterocycles. The van der Waals surface area contributed by atoms with Crippen LogP contribution in [0.5, 0.6) is 5.75 Å². The van der Waals surface area contributed by atoms with Gasteiger partial charge >= 0.3 is 0 Å². The molecule has 0 bridgehead atoms. The van der Waals surface area contributed by atoms with Crippen molar-refractivity contribution in [2.45, 2.75) is 19.4 Å². The van der Waals surface area contributed by atoms with Gasteiger partial charge in [0.2, 0.25) is 5.95 Å². The monoisotopic (exact) mass is 495 g/mol. The van der Waals surface area contributed by atoms with Gasteiger partial charge in [-0.2, -0.15) is 0 Å². The summed E-state index contributed by atoms with van der Waals surface area (Å²) in [6, 6.07) is 10.3. The van der Waals surface area contributed by atoms with Gasteiger partial charge in [0.05, 0.1) is 40.9 Å². The number of nitrogens with two attached hydrogens (primary N) is 1. The maximum atomic E-state index is 6.45. The normalized spacial score (nSPS) is 12.5. The first-order valence-electron chi connectivity index (χ1n) is 12.4. The predicted molar refractivity (Wildman–Crippen MR) is 152 cm³/mol. The van der Waals surface area contributed by atoms with Crippen molar-refractivity contribution in [1.82, 2.24) is 19.4 Å². The molecule has 8 nitrogen and oxygen atoms in total. The summed E-state index contributed by atoms with van der Waals surface area (Å²) in [6.07, 6.45) is 11.9. The molecule has 0 fully saturated rings. The Hall–Kier alpha value is -4.22. The topological polar surface area (TPSA) is 84.5 Å². The lowest BCUT2D eigenvalue weighted by atomic mass is 10.0. The van der Waals surface area contributed by atoms with E-state index in [1.165, 1.54) is 11.1 Å². The standard InChI is InChI=1S/C29H33N7O/c1-6-19-17-31-29(32-24-15-23(30)25(16-26(24)37-5)35(4)14-13-34(2)3)33-27(19)22-18-36-12-8-10-20-9-7-11-21(22)28(20)36/h1,7,9,11,15-18H,8,10,12-14,30H2,2-5H3,(H,31,32,33). The van der Waals surface area contributed by atoms with Crippen LogP contribution in [0.4, 0.5) is 23.0 Å². The SMILES string of the molecule is C#Cc1cnc(Nc2cc(N)c(N(C)CCN(C)C)cc2OC)nc1-c1cn2c3c(cccc13)CCC2. The Morgan fingerprint density at radius 3 is 2.81 bits per heavy atom. The second-order valence-corrected chi connectivity index (χ2v) is 9.71. The quantitative estimate of drug-likeness (QED) is 0.278. The Labute approximate surface area is 218 Å². The summed E-state index contributed by atoms with van der Waals surface area (Å²) >= 11 is 0. The second kappa shape index (κ2) is 10.0. The summed E-state index contributed by atoms with van der Waals surface area (Å²) in [5.74, 6) is 3.84. The molecule has 0 atom stereocenters. The number of nitrogen functional groups attached to an aromatic ring is 1. The highest BCUT2D eigenvalue weighted by atomic mass is 16.5. The lowest BCUT2D eigenvalue weighted by molar-refractivity contribution is 0.413. The van der Waals surface area contributed by atoms with Gasteiger partial charge in [0.15, 0.2) is 0 Å². The number of ether oxygens (including phenoxy) is 1. The fourth-order valence-electron chi connectivity index (χ4n) is 4.97. The van der Waals surface area contributed by atoms with Gasteiger partial charge in [-0.1, -0.05) is 24.1 Å². The first kappa shape index (κ1) is 24.5. The number of likely N-dealkylation sites (N-methyl/N-ethyl adjacent to an activating group) is 2. The van der Waals surface area contributed by atoms with E-state index < -0.39 is 0 Å². The zero-order chi connectivity index (χ0) is 26.1. The fourth-order valence-corrected chi connectivity index (χ4v) is 4.97. The minimum Gasteiger partial charge on any atom is -0.494 e. The molecule has 0 saturated heterocycles. The van der Waals surface area contributed by atoms with Crippen LogP contribution < -0.4 is 20.7 Å². The van der Waals surface area contributed by atoms with Crippen LogP contribution in [-0.4, -0.2) is 60.8 Å².